The van der Waals surface area contributed by atoms with E-state index in [1.165, 1.54) is 5.56 Å². The second kappa shape index (κ2) is 8.83. The van der Waals surface area contributed by atoms with Crippen molar-refractivity contribution in [2.75, 3.05) is 13.1 Å². The number of fused-ring (bicyclic) bond motifs is 1. The van der Waals surface area contributed by atoms with E-state index in [4.69, 9.17) is 0 Å². The lowest BCUT2D eigenvalue weighted by Gasteiger charge is -2.34. The molecule has 31 heavy (non-hydrogen) atoms. The van der Waals surface area contributed by atoms with Gasteiger partial charge < -0.3 is 4.90 Å². The zero-order chi connectivity index (χ0) is 22.0. The van der Waals surface area contributed by atoms with Crippen molar-refractivity contribution in [1.29, 1.82) is 0 Å². The summed E-state index contributed by atoms with van der Waals surface area (Å²) < 4.78 is 27.3. The third kappa shape index (κ3) is 4.66. The Morgan fingerprint density at radius 1 is 1.06 bits per heavy atom. The highest BCUT2D eigenvalue weighted by atomic mass is 32.2. The third-order valence-electron chi connectivity index (χ3n) is 6.11. The number of carbonyl (C=O) groups excluding carboxylic acids is 1. The molecule has 1 N–H and O–H groups in total. The van der Waals surface area contributed by atoms with E-state index in [0.29, 0.717) is 24.6 Å². The average molecular weight is 440 g/mol. The molecule has 0 saturated carbocycles. The number of nitrogens with one attached hydrogen (secondary N) is 1. The van der Waals surface area contributed by atoms with Crippen molar-refractivity contribution in [1.82, 2.24) is 9.62 Å². The maximum Gasteiger partial charge on any atom is 0.263 e. The highest BCUT2D eigenvalue weighted by Gasteiger charge is 2.34. The monoisotopic (exact) mass is 439 g/mol. The van der Waals surface area contributed by atoms with Gasteiger partial charge in [0.1, 0.15) is 11.9 Å². The van der Waals surface area contributed by atoms with Crippen LogP contribution >= 0.6 is 0 Å². The van der Waals surface area contributed by atoms with Crippen LogP contribution in [0.1, 0.15) is 37.8 Å². The highest BCUT2D eigenvalue weighted by molar-refractivity contribution is 7.90. The van der Waals surface area contributed by atoms with Crippen molar-refractivity contribution in [3.63, 3.8) is 0 Å². The van der Waals surface area contributed by atoms with Crippen molar-refractivity contribution < 1.29 is 13.2 Å². The van der Waals surface area contributed by atoms with Crippen LogP contribution in [0, 0.1) is 11.8 Å². The molecule has 2 aromatic rings. The number of hydrogen-bond donors (Lipinski definition) is 1. The number of amides is 1. The highest BCUT2D eigenvalue weighted by Crippen LogP contribution is 2.26. The van der Waals surface area contributed by atoms with Crippen molar-refractivity contribution in [3.05, 3.63) is 65.7 Å². The van der Waals surface area contributed by atoms with E-state index >= 15 is 0 Å². The summed E-state index contributed by atoms with van der Waals surface area (Å²) >= 11 is 0. The Kier molecular flexibility index (Phi) is 6.14. The number of sulfonamides is 1. The molecule has 1 fully saturated rings. The molecule has 2 heterocycles. The lowest BCUT2D eigenvalue weighted by Crippen LogP contribution is -2.45. The smallest absolute Gasteiger partial charge is 0.263 e. The molecule has 2 aromatic carbocycles. The number of benzene rings is 2. The Morgan fingerprint density at radius 2 is 1.71 bits per heavy atom. The van der Waals surface area contributed by atoms with Crippen molar-refractivity contribution >= 4 is 21.8 Å². The van der Waals surface area contributed by atoms with E-state index in [1.807, 2.05) is 24.8 Å². The maximum absolute atomic E-state index is 13.3. The molecule has 7 heteroatoms. The summed E-state index contributed by atoms with van der Waals surface area (Å²) in [6.07, 6.45) is 2.98. The second-order valence-corrected chi connectivity index (χ2v) is 10.4. The maximum atomic E-state index is 13.3. The van der Waals surface area contributed by atoms with Crippen LogP contribution in [0.15, 0.2) is 64.5 Å². The summed E-state index contributed by atoms with van der Waals surface area (Å²) in [5, 5.41) is 0. The largest absolute Gasteiger partial charge is 0.341 e. The Hall–Kier alpha value is -2.67. The molecule has 1 saturated heterocycles. The summed E-state index contributed by atoms with van der Waals surface area (Å²) in [6.45, 7) is 5.33. The van der Waals surface area contributed by atoms with E-state index in [1.54, 1.807) is 24.3 Å². The first-order valence-corrected chi connectivity index (χ1v) is 12.4. The lowest BCUT2D eigenvalue weighted by atomic mass is 9.89. The van der Waals surface area contributed by atoms with Gasteiger partial charge in [0, 0.05) is 18.7 Å². The molecule has 1 atom stereocenters. The molecule has 2 aliphatic heterocycles. The fraction of sp³-hybridized carbons (Fsp3) is 0.417. The standard InChI is InChI=1S/C24H29N3O3S/c1-17(2)22(25-23-20-10-6-7-11-21(20)31(29,30)26-23)24(28)27-14-12-19(13-15-27)16-18-8-4-3-5-9-18/h3-11,17,19,22H,12-16H2,1-2H3,(H,25,26). The number of piperidine rings is 1. The van der Waals surface area contributed by atoms with E-state index < -0.39 is 16.1 Å². The normalized spacial score (nSPS) is 20.5. The van der Waals surface area contributed by atoms with Crippen LogP contribution in [0.3, 0.4) is 0 Å². The molecule has 4 rings (SSSR count). The summed E-state index contributed by atoms with van der Waals surface area (Å²) in [5.74, 6) is 0.772. The van der Waals surface area contributed by atoms with E-state index in [-0.39, 0.29) is 22.6 Å². The number of likely N-dealkylation sites (tertiary alicyclic amines) is 1. The summed E-state index contributed by atoms with van der Waals surface area (Å²) in [7, 11) is -3.62. The molecule has 2 aliphatic rings. The summed E-state index contributed by atoms with van der Waals surface area (Å²) in [6, 6.07) is 16.6. The molecule has 0 spiro atoms. The van der Waals surface area contributed by atoms with Crippen molar-refractivity contribution in [3.8, 4) is 0 Å². The molecule has 164 valence electrons. The minimum atomic E-state index is -3.62. The van der Waals surface area contributed by atoms with Crippen LogP contribution in [0.5, 0.6) is 0 Å². The van der Waals surface area contributed by atoms with E-state index in [0.717, 1.165) is 19.3 Å². The molecular formula is C24H29N3O3S. The van der Waals surface area contributed by atoms with Crippen LogP contribution in [0.25, 0.3) is 0 Å². The van der Waals surface area contributed by atoms with Gasteiger partial charge in [0.2, 0.25) is 5.91 Å². The fourth-order valence-corrected chi connectivity index (χ4v) is 5.59. The second-order valence-electron chi connectivity index (χ2n) is 8.73. The number of carbonyl (C=O) groups is 1. The van der Waals surface area contributed by atoms with Gasteiger partial charge in [0.15, 0.2) is 0 Å². The van der Waals surface area contributed by atoms with Crippen LogP contribution in [-0.2, 0) is 21.2 Å². The van der Waals surface area contributed by atoms with Gasteiger partial charge in [-0.15, -0.1) is 0 Å². The minimum absolute atomic E-state index is 0.0239. The van der Waals surface area contributed by atoms with Gasteiger partial charge in [0.25, 0.3) is 10.0 Å². The van der Waals surface area contributed by atoms with Gasteiger partial charge in [-0.2, -0.15) is 0 Å². The number of amidine groups is 1. The first-order chi connectivity index (χ1) is 14.8. The van der Waals surface area contributed by atoms with Gasteiger partial charge in [-0.25, -0.2) is 8.42 Å². The molecule has 0 aliphatic carbocycles. The molecule has 1 unspecified atom stereocenters. The van der Waals surface area contributed by atoms with Crippen molar-refractivity contribution in [2.45, 2.75) is 44.0 Å². The Morgan fingerprint density at radius 3 is 2.39 bits per heavy atom. The molecule has 6 nitrogen and oxygen atoms in total. The molecular weight excluding hydrogens is 410 g/mol. The number of aliphatic imine (C=N–C) groups is 1. The van der Waals surface area contributed by atoms with Crippen LogP contribution < -0.4 is 4.72 Å². The van der Waals surface area contributed by atoms with Gasteiger partial charge in [-0.05, 0) is 48.8 Å². The predicted molar refractivity (Wildman–Crippen MR) is 121 cm³/mol. The van der Waals surface area contributed by atoms with E-state index in [9.17, 15) is 13.2 Å². The predicted octanol–water partition coefficient (Wildman–Crippen LogP) is 3.23. The number of nitrogens with zero attached hydrogens (tertiary/aromatic N) is 2. The lowest BCUT2D eigenvalue weighted by molar-refractivity contribution is -0.134. The first kappa shape index (κ1) is 21.6. The first-order valence-electron chi connectivity index (χ1n) is 10.9. The van der Waals surface area contributed by atoms with Gasteiger partial charge >= 0.3 is 0 Å². The van der Waals surface area contributed by atoms with Gasteiger partial charge in [-0.1, -0.05) is 56.3 Å². The number of hydrogen-bond acceptors (Lipinski definition) is 4. The Bertz CT molecular complexity index is 1070. The quantitative estimate of drug-likeness (QED) is 0.777. The Labute approximate surface area is 184 Å². The van der Waals surface area contributed by atoms with Crippen LogP contribution in [0.2, 0.25) is 0 Å². The molecule has 0 radical (unpaired) electrons. The zero-order valence-corrected chi connectivity index (χ0v) is 18.8. The minimum Gasteiger partial charge on any atom is -0.341 e. The summed E-state index contributed by atoms with van der Waals surface area (Å²) in [5.41, 5.74) is 1.87. The average Bonchev–Trinajstić information content (AvgIpc) is 3.03. The summed E-state index contributed by atoms with van der Waals surface area (Å²) in [4.78, 5) is 20.0. The Balaban J connectivity index is 1.46. The fourth-order valence-electron chi connectivity index (χ4n) is 4.35. The van der Waals surface area contributed by atoms with Crippen LogP contribution in [0.4, 0.5) is 0 Å². The zero-order valence-electron chi connectivity index (χ0n) is 18.0. The molecule has 0 bridgehead atoms. The molecule has 0 aromatic heterocycles. The topological polar surface area (TPSA) is 78.8 Å². The SMILES string of the molecule is CC(C)C(N=C1NS(=O)(=O)c2ccccc21)C(=O)N1CCC(Cc2ccccc2)CC1. The number of rotatable bonds is 5. The van der Waals surface area contributed by atoms with Gasteiger partial charge in [-0.3, -0.25) is 14.5 Å². The third-order valence-corrected chi connectivity index (χ3v) is 7.51. The van der Waals surface area contributed by atoms with Crippen LogP contribution in [-0.4, -0.2) is 44.2 Å². The van der Waals surface area contributed by atoms with Crippen molar-refractivity contribution in [2.24, 2.45) is 16.8 Å². The van der Waals surface area contributed by atoms with Gasteiger partial charge in [0.05, 0.1) is 4.90 Å². The molecule has 1 amide bonds. The van der Waals surface area contributed by atoms with E-state index in [2.05, 4.69) is 34.0 Å².